The minimum Gasteiger partial charge on any atom is -0.481 e. The normalized spacial score (nSPS) is 42.7. The fourth-order valence-corrected chi connectivity index (χ4v) is 3.99. The van der Waals surface area contributed by atoms with Crippen molar-refractivity contribution in [2.45, 2.75) is 32.7 Å². The molecule has 3 heterocycles. The lowest BCUT2D eigenvalue weighted by Gasteiger charge is -2.45. The monoisotopic (exact) mass is 266 g/mol. The first-order chi connectivity index (χ1) is 8.91. The number of carboxylic acid groups (broad SMARTS) is 1. The van der Waals surface area contributed by atoms with Crippen molar-refractivity contribution in [1.29, 1.82) is 0 Å². The van der Waals surface area contributed by atoms with Gasteiger partial charge in [0.05, 0.1) is 11.8 Å². The Kier molecular flexibility index (Phi) is 2.85. The molecule has 3 atom stereocenters. The number of carbonyl (C=O) groups excluding carboxylic acids is 1. The Morgan fingerprint density at radius 1 is 1.21 bits per heavy atom. The minimum absolute atomic E-state index is 0.0591. The maximum absolute atomic E-state index is 12.3. The highest BCUT2D eigenvalue weighted by atomic mass is 16.4. The third-order valence-corrected chi connectivity index (χ3v) is 5.36. The number of carboxylic acids is 1. The third-order valence-electron chi connectivity index (χ3n) is 5.36. The second-order valence-corrected chi connectivity index (χ2v) is 6.87. The molecule has 2 N–H and O–H groups in total. The molecule has 4 rings (SSSR count). The van der Waals surface area contributed by atoms with Crippen LogP contribution in [0.1, 0.15) is 26.7 Å². The van der Waals surface area contributed by atoms with Crippen LogP contribution in [0.4, 0.5) is 0 Å². The van der Waals surface area contributed by atoms with Crippen LogP contribution in [-0.2, 0) is 9.59 Å². The van der Waals surface area contributed by atoms with Crippen molar-refractivity contribution in [3.63, 3.8) is 0 Å². The van der Waals surface area contributed by atoms with Crippen LogP contribution >= 0.6 is 0 Å². The summed E-state index contributed by atoms with van der Waals surface area (Å²) in [5.41, 5.74) is -0.399. The molecule has 0 radical (unpaired) electrons. The Labute approximate surface area is 113 Å². The lowest BCUT2D eigenvalue weighted by molar-refractivity contribution is -0.140. The molecule has 5 heteroatoms. The number of amides is 1. The molecule has 1 unspecified atom stereocenters. The van der Waals surface area contributed by atoms with E-state index in [0.717, 1.165) is 32.5 Å². The van der Waals surface area contributed by atoms with E-state index >= 15 is 0 Å². The van der Waals surface area contributed by atoms with Gasteiger partial charge in [0.2, 0.25) is 5.91 Å². The molecule has 106 valence electrons. The largest absolute Gasteiger partial charge is 0.481 e. The van der Waals surface area contributed by atoms with Crippen LogP contribution in [0.25, 0.3) is 0 Å². The van der Waals surface area contributed by atoms with Crippen LogP contribution in [0.15, 0.2) is 0 Å². The van der Waals surface area contributed by atoms with Crippen LogP contribution in [0.5, 0.6) is 0 Å². The highest BCUT2D eigenvalue weighted by molar-refractivity contribution is 5.91. The van der Waals surface area contributed by atoms with Crippen LogP contribution in [0, 0.1) is 23.2 Å². The Morgan fingerprint density at radius 2 is 1.84 bits per heavy atom. The average Bonchev–Trinajstić information content (AvgIpc) is 2.94. The van der Waals surface area contributed by atoms with E-state index in [-0.39, 0.29) is 17.9 Å². The van der Waals surface area contributed by atoms with Crippen molar-refractivity contribution in [2.24, 2.45) is 23.2 Å². The lowest BCUT2D eigenvalue weighted by Crippen LogP contribution is -2.57. The first-order valence-corrected chi connectivity index (χ1v) is 7.17. The highest BCUT2D eigenvalue weighted by Gasteiger charge is 2.66. The molecule has 1 aliphatic carbocycles. The Bertz CT molecular complexity index is 413. The smallest absolute Gasteiger partial charge is 0.307 e. The van der Waals surface area contributed by atoms with Crippen molar-refractivity contribution < 1.29 is 14.7 Å². The molecule has 0 aromatic rings. The number of hydrogen-bond donors (Lipinski definition) is 2. The van der Waals surface area contributed by atoms with Gasteiger partial charge in [0, 0.05) is 12.6 Å². The Balaban J connectivity index is 1.62. The molecule has 5 nitrogen and oxygen atoms in total. The zero-order chi connectivity index (χ0) is 13.8. The summed E-state index contributed by atoms with van der Waals surface area (Å²) in [4.78, 5) is 25.8. The maximum Gasteiger partial charge on any atom is 0.307 e. The predicted molar refractivity (Wildman–Crippen MR) is 69.5 cm³/mol. The molecule has 3 aliphatic heterocycles. The average molecular weight is 266 g/mol. The third kappa shape index (κ3) is 2.04. The number of carbonyl (C=O) groups is 2. The standard InChI is InChI=1S/C14H22N2O3/c1-14(2)10(11(14)13(18)19)12(17)15-9-7-16-5-3-8(9)4-6-16/h8-11H,3-7H2,1-2H3,(H,15,17)(H,18,19)/t9?,10-,11+/m1/s1. The van der Waals surface area contributed by atoms with Crippen molar-refractivity contribution in [2.75, 3.05) is 19.6 Å². The number of rotatable bonds is 3. The predicted octanol–water partition coefficient (Wildman–Crippen LogP) is 0.554. The van der Waals surface area contributed by atoms with E-state index in [1.807, 2.05) is 13.8 Å². The van der Waals surface area contributed by atoms with Gasteiger partial charge in [-0.3, -0.25) is 9.59 Å². The summed E-state index contributed by atoms with van der Waals surface area (Å²) in [6, 6.07) is 0.223. The van der Waals surface area contributed by atoms with Gasteiger partial charge >= 0.3 is 5.97 Å². The van der Waals surface area contributed by atoms with E-state index in [0.29, 0.717) is 5.92 Å². The maximum atomic E-state index is 12.3. The first kappa shape index (κ1) is 12.9. The number of aliphatic carboxylic acids is 1. The van der Waals surface area contributed by atoms with Gasteiger partial charge in [-0.05, 0) is 37.3 Å². The number of piperidine rings is 3. The van der Waals surface area contributed by atoms with E-state index in [1.54, 1.807) is 0 Å². The molecular formula is C14H22N2O3. The molecule has 2 bridgehead atoms. The van der Waals surface area contributed by atoms with Crippen molar-refractivity contribution in [3.05, 3.63) is 0 Å². The van der Waals surface area contributed by atoms with Gasteiger partial charge in [0.25, 0.3) is 0 Å². The number of nitrogens with one attached hydrogen (secondary N) is 1. The van der Waals surface area contributed by atoms with Crippen LogP contribution in [0.3, 0.4) is 0 Å². The molecule has 1 amide bonds. The van der Waals surface area contributed by atoms with Gasteiger partial charge < -0.3 is 15.3 Å². The number of fused-ring (bicyclic) bond motifs is 3. The summed E-state index contributed by atoms with van der Waals surface area (Å²) in [7, 11) is 0. The van der Waals surface area contributed by atoms with Crippen molar-refractivity contribution >= 4 is 11.9 Å². The second-order valence-electron chi connectivity index (χ2n) is 6.87. The first-order valence-electron chi connectivity index (χ1n) is 7.17. The van der Waals surface area contributed by atoms with Gasteiger partial charge in [-0.2, -0.15) is 0 Å². The van der Waals surface area contributed by atoms with Gasteiger partial charge in [-0.15, -0.1) is 0 Å². The quantitative estimate of drug-likeness (QED) is 0.783. The number of hydrogen-bond acceptors (Lipinski definition) is 3. The minimum atomic E-state index is -0.848. The fourth-order valence-electron chi connectivity index (χ4n) is 3.99. The summed E-state index contributed by atoms with van der Waals surface area (Å²) in [6.45, 7) is 6.95. The van der Waals surface area contributed by atoms with E-state index < -0.39 is 17.3 Å². The SMILES string of the molecule is CC1(C)[C@H](C(=O)O)[C@@H]1C(=O)NC1CN2CCC1CC2. The van der Waals surface area contributed by atoms with E-state index in [4.69, 9.17) is 5.11 Å². The number of nitrogens with zero attached hydrogens (tertiary/aromatic N) is 1. The molecule has 0 aromatic heterocycles. The van der Waals surface area contributed by atoms with Crippen molar-refractivity contribution in [3.8, 4) is 0 Å². The summed E-state index contributed by atoms with van der Waals surface area (Å²) in [6.07, 6.45) is 2.31. The van der Waals surface area contributed by atoms with Gasteiger partial charge in [-0.1, -0.05) is 13.8 Å². The molecule has 4 fully saturated rings. The van der Waals surface area contributed by atoms with Gasteiger partial charge in [-0.25, -0.2) is 0 Å². The summed E-state index contributed by atoms with van der Waals surface area (Å²) in [5.74, 6) is -1.21. The molecule has 1 saturated carbocycles. The molecule has 3 saturated heterocycles. The Morgan fingerprint density at radius 3 is 2.26 bits per heavy atom. The lowest BCUT2D eigenvalue weighted by atomic mass is 9.84. The van der Waals surface area contributed by atoms with E-state index in [2.05, 4.69) is 10.2 Å². The van der Waals surface area contributed by atoms with E-state index in [9.17, 15) is 9.59 Å². The topological polar surface area (TPSA) is 69.6 Å². The highest BCUT2D eigenvalue weighted by Crippen LogP contribution is 2.58. The van der Waals surface area contributed by atoms with Crippen molar-refractivity contribution in [1.82, 2.24) is 10.2 Å². The molecular weight excluding hydrogens is 244 g/mol. The molecule has 4 aliphatic rings. The van der Waals surface area contributed by atoms with Crippen LogP contribution < -0.4 is 5.32 Å². The van der Waals surface area contributed by atoms with Gasteiger partial charge in [0.15, 0.2) is 0 Å². The Hall–Kier alpha value is -1.10. The molecule has 19 heavy (non-hydrogen) atoms. The summed E-state index contributed by atoms with van der Waals surface area (Å²) >= 11 is 0. The van der Waals surface area contributed by atoms with Crippen LogP contribution in [-0.4, -0.2) is 47.6 Å². The van der Waals surface area contributed by atoms with Crippen LogP contribution in [0.2, 0.25) is 0 Å². The fraction of sp³-hybridized carbons (Fsp3) is 0.857. The zero-order valence-electron chi connectivity index (χ0n) is 11.6. The zero-order valence-corrected chi connectivity index (χ0v) is 11.6. The molecule has 0 aromatic carbocycles. The second kappa shape index (κ2) is 4.20. The summed E-state index contributed by atoms with van der Waals surface area (Å²) in [5, 5.41) is 12.2. The van der Waals surface area contributed by atoms with Gasteiger partial charge in [0.1, 0.15) is 0 Å². The molecule has 0 spiro atoms. The van der Waals surface area contributed by atoms with E-state index in [1.165, 1.54) is 0 Å². The summed E-state index contributed by atoms with van der Waals surface area (Å²) < 4.78 is 0.